The van der Waals surface area contributed by atoms with E-state index in [-0.39, 0.29) is 11.9 Å². The lowest BCUT2D eigenvalue weighted by Crippen LogP contribution is -2.32. The minimum Gasteiger partial charge on any atom is -0.373 e. The van der Waals surface area contributed by atoms with Gasteiger partial charge >= 0.3 is 0 Å². The highest BCUT2D eigenvalue weighted by Gasteiger charge is 2.30. The summed E-state index contributed by atoms with van der Waals surface area (Å²) < 4.78 is 5.47. The van der Waals surface area contributed by atoms with E-state index in [0.717, 1.165) is 18.4 Å². The van der Waals surface area contributed by atoms with Crippen molar-refractivity contribution in [1.29, 1.82) is 0 Å². The number of Topliss-reactive ketones (excluding diaryl/α,β-unsaturated/α-hetero) is 1. The SMILES string of the molecule is COC(C(=O)c1csc(C)c1)C1CCCCC1. The van der Waals surface area contributed by atoms with Gasteiger partial charge in [0.05, 0.1) is 0 Å². The lowest BCUT2D eigenvalue weighted by Gasteiger charge is -2.27. The average Bonchev–Trinajstić information content (AvgIpc) is 2.78. The molecule has 1 aromatic heterocycles. The third kappa shape index (κ3) is 2.96. The lowest BCUT2D eigenvalue weighted by molar-refractivity contribution is 0.0314. The Labute approximate surface area is 107 Å². The molecular formula is C14H20O2S. The standard InChI is InChI=1S/C14H20O2S/c1-10-8-12(9-17-10)13(15)14(16-2)11-6-4-3-5-7-11/h8-9,11,14H,3-7H2,1-2H3. The molecule has 1 aliphatic rings. The molecule has 3 heteroatoms. The molecule has 0 saturated heterocycles. The quantitative estimate of drug-likeness (QED) is 0.761. The van der Waals surface area contributed by atoms with Gasteiger partial charge in [0.2, 0.25) is 0 Å². The van der Waals surface area contributed by atoms with Gasteiger partial charge in [0.25, 0.3) is 0 Å². The molecule has 1 atom stereocenters. The molecule has 0 aromatic carbocycles. The number of ketones is 1. The minimum absolute atomic E-state index is 0.170. The molecule has 2 rings (SSSR count). The topological polar surface area (TPSA) is 26.3 Å². The fourth-order valence-corrected chi connectivity index (χ4v) is 3.38. The van der Waals surface area contributed by atoms with Crippen molar-refractivity contribution < 1.29 is 9.53 Å². The molecule has 0 spiro atoms. The third-order valence-electron chi connectivity index (χ3n) is 3.61. The first kappa shape index (κ1) is 12.8. The second-order valence-corrected chi connectivity index (χ2v) is 5.98. The molecule has 1 heterocycles. The average molecular weight is 252 g/mol. The zero-order valence-electron chi connectivity index (χ0n) is 10.6. The molecule has 1 saturated carbocycles. The van der Waals surface area contributed by atoms with Crippen LogP contribution in [0.15, 0.2) is 11.4 Å². The van der Waals surface area contributed by atoms with E-state index in [1.807, 2.05) is 18.4 Å². The number of carbonyl (C=O) groups excluding carboxylic acids is 1. The van der Waals surface area contributed by atoms with Gasteiger partial charge in [-0.2, -0.15) is 0 Å². The Balaban J connectivity index is 2.09. The Morgan fingerprint density at radius 2 is 2.12 bits per heavy atom. The van der Waals surface area contributed by atoms with E-state index in [0.29, 0.717) is 5.92 Å². The van der Waals surface area contributed by atoms with E-state index in [2.05, 4.69) is 0 Å². The van der Waals surface area contributed by atoms with E-state index in [1.165, 1.54) is 24.1 Å². The number of aryl methyl sites for hydroxylation is 1. The van der Waals surface area contributed by atoms with Crippen LogP contribution in [0.25, 0.3) is 0 Å². The summed E-state index contributed by atoms with van der Waals surface area (Å²) in [5, 5.41) is 1.95. The smallest absolute Gasteiger partial charge is 0.192 e. The fraction of sp³-hybridized carbons (Fsp3) is 0.643. The maximum absolute atomic E-state index is 12.4. The second kappa shape index (κ2) is 5.78. The number of carbonyl (C=O) groups is 1. The minimum atomic E-state index is -0.232. The Kier molecular flexibility index (Phi) is 4.35. The largest absolute Gasteiger partial charge is 0.373 e. The molecule has 1 aromatic rings. The van der Waals surface area contributed by atoms with Crippen molar-refractivity contribution in [2.45, 2.75) is 45.1 Å². The van der Waals surface area contributed by atoms with E-state index in [4.69, 9.17) is 4.74 Å². The molecule has 0 bridgehead atoms. The van der Waals surface area contributed by atoms with Gasteiger partial charge < -0.3 is 4.74 Å². The van der Waals surface area contributed by atoms with Crippen LogP contribution in [0, 0.1) is 12.8 Å². The van der Waals surface area contributed by atoms with Crippen LogP contribution in [0.4, 0.5) is 0 Å². The van der Waals surface area contributed by atoms with Crippen molar-refractivity contribution >= 4 is 17.1 Å². The van der Waals surface area contributed by atoms with Gasteiger partial charge in [-0.1, -0.05) is 19.3 Å². The van der Waals surface area contributed by atoms with Crippen LogP contribution in [0.1, 0.15) is 47.3 Å². The molecule has 17 heavy (non-hydrogen) atoms. The van der Waals surface area contributed by atoms with Crippen LogP contribution in [0.5, 0.6) is 0 Å². The summed E-state index contributed by atoms with van der Waals surface area (Å²) in [6, 6.07) is 1.97. The van der Waals surface area contributed by atoms with E-state index >= 15 is 0 Å². The Morgan fingerprint density at radius 3 is 2.65 bits per heavy atom. The highest BCUT2D eigenvalue weighted by Crippen LogP contribution is 2.30. The maximum Gasteiger partial charge on any atom is 0.192 e. The highest BCUT2D eigenvalue weighted by atomic mass is 32.1. The summed E-state index contributed by atoms with van der Waals surface area (Å²) in [5.41, 5.74) is 0.824. The predicted molar refractivity (Wildman–Crippen MR) is 70.8 cm³/mol. The number of hydrogen-bond donors (Lipinski definition) is 0. The van der Waals surface area contributed by atoms with Crippen molar-refractivity contribution in [1.82, 2.24) is 0 Å². The van der Waals surface area contributed by atoms with Gasteiger partial charge in [-0.3, -0.25) is 4.79 Å². The summed E-state index contributed by atoms with van der Waals surface area (Å²) in [4.78, 5) is 13.6. The Morgan fingerprint density at radius 1 is 1.41 bits per heavy atom. The van der Waals surface area contributed by atoms with Crippen molar-refractivity contribution in [3.63, 3.8) is 0 Å². The van der Waals surface area contributed by atoms with E-state index in [9.17, 15) is 4.79 Å². The van der Waals surface area contributed by atoms with Gasteiger partial charge in [-0.15, -0.1) is 11.3 Å². The third-order valence-corrected chi connectivity index (χ3v) is 4.47. The lowest BCUT2D eigenvalue weighted by atomic mass is 9.83. The summed E-state index contributed by atoms with van der Waals surface area (Å²) >= 11 is 1.63. The zero-order chi connectivity index (χ0) is 12.3. The molecule has 1 fully saturated rings. The van der Waals surface area contributed by atoms with Gasteiger partial charge in [-0.05, 0) is 31.7 Å². The van der Waals surface area contributed by atoms with Gasteiger partial charge in [0, 0.05) is 22.9 Å². The summed E-state index contributed by atoms with van der Waals surface area (Å²) in [6.45, 7) is 2.03. The van der Waals surface area contributed by atoms with Crippen molar-refractivity contribution in [3.05, 3.63) is 21.9 Å². The predicted octanol–water partition coefficient (Wildman–Crippen LogP) is 3.83. The van der Waals surface area contributed by atoms with E-state index in [1.54, 1.807) is 18.4 Å². The Hall–Kier alpha value is -0.670. The van der Waals surface area contributed by atoms with Crippen LogP contribution in [-0.4, -0.2) is 19.0 Å². The first-order chi connectivity index (χ1) is 8.22. The Bertz CT molecular complexity index is 377. The molecule has 0 radical (unpaired) electrons. The van der Waals surface area contributed by atoms with Crippen molar-refractivity contribution in [2.24, 2.45) is 5.92 Å². The maximum atomic E-state index is 12.4. The van der Waals surface area contributed by atoms with Crippen LogP contribution in [0.3, 0.4) is 0 Å². The molecule has 0 amide bonds. The second-order valence-electron chi connectivity index (χ2n) is 4.86. The molecule has 2 nitrogen and oxygen atoms in total. The normalized spacial score (nSPS) is 19.2. The van der Waals surface area contributed by atoms with Crippen LogP contribution < -0.4 is 0 Å². The van der Waals surface area contributed by atoms with Crippen LogP contribution in [0.2, 0.25) is 0 Å². The molecule has 0 N–H and O–H groups in total. The van der Waals surface area contributed by atoms with Crippen LogP contribution >= 0.6 is 11.3 Å². The number of thiophene rings is 1. The molecule has 0 aliphatic heterocycles. The number of methoxy groups -OCH3 is 1. The summed E-state index contributed by atoms with van der Waals surface area (Å²) in [5.74, 6) is 0.588. The highest BCUT2D eigenvalue weighted by molar-refractivity contribution is 7.10. The number of rotatable bonds is 4. The summed E-state index contributed by atoms with van der Waals surface area (Å²) in [7, 11) is 1.66. The molecular weight excluding hydrogens is 232 g/mol. The zero-order valence-corrected chi connectivity index (χ0v) is 11.4. The summed E-state index contributed by atoms with van der Waals surface area (Å²) in [6.07, 6.45) is 5.81. The van der Waals surface area contributed by atoms with Crippen LogP contribution in [-0.2, 0) is 4.74 Å². The van der Waals surface area contributed by atoms with Gasteiger partial charge in [0.15, 0.2) is 5.78 Å². The molecule has 1 aliphatic carbocycles. The molecule has 1 unspecified atom stereocenters. The van der Waals surface area contributed by atoms with Gasteiger partial charge in [0.1, 0.15) is 6.10 Å². The van der Waals surface area contributed by atoms with Crippen molar-refractivity contribution in [3.8, 4) is 0 Å². The first-order valence-corrected chi connectivity index (χ1v) is 7.22. The van der Waals surface area contributed by atoms with E-state index < -0.39 is 0 Å². The first-order valence-electron chi connectivity index (χ1n) is 6.34. The monoisotopic (exact) mass is 252 g/mol. The van der Waals surface area contributed by atoms with Crippen molar-refractivity contribution in [2.75, 3.05) is 7.11 Å². The number of hydrogen-bond acceptors (Lipinski definition) is 3. The fourth-order valence-electron chi connectivity index (χ4n) is 2.69. The van der Waals surface area contributed by atoms with Gasteiger partial charge in [-0.25, -0.2) is 0 Å². The molecule has 94 valence electrons. The number of ether oxygens (including phenoxy) is 1.